The van der Waals surface area contributed by atoms with Gasteiger partial charge in [-0.1, -0.05) is 31.9 Å². The molecule has 0 radical (unpaired) electrons. The Morgan fingerprint density at radius 3 is 2.83 bits per heavy atom. The van der Waals surface area contributed by atoms with E-state index in [4.69, 9.17) is 22.6 Å². The number of carbonyl (C=O) groups is 1. The van der Waals surface area contributed by atoms with Crippen molar-refractivity contribution in [1.82, 2.24) is 0 Å². The van der Waals surface area contributed by atoms with Crippen molar-refractivity contribution in [2.75, 3.05) is 5.32 Å². The van der Waals surface area contributed by atoms with E-state index in [0.29, 0.717) is 16.3 Å². The van der Waals surface area contributed by atoms with Crippen molar-refractivity contribution in [3.05, 3.63) is 28.8 Å². The number of rotatable bonds is 4. The number of nitriles is 1. The summed E-state index contributed by atoms with van der Waals surface area (Å²) in [5.74, 6) is -0.224. The highest BCUT2D eigenvalue weighted by atomic mass is 35.5. The summed E-state index contributed by atoms with van der Waals surface area (Å²) in [6.07, 6.45) is 0.815. The lowest BCUT2D eigenvalue weighted by molar-refractivity contribution is -0.118. The standard InChI is InChI=1S/C13H16ClN3O/c1-3-8(2)12(16)13(18)17-11-6-10(14)5-4-9(11)7-15/h4-6,8,12H,3,16H2,1-2H3,(H,17,18). The number of carbonyl (C=O) groups excluding carboxylic acids is 1. The second kappa shape index (κ2) is 6.39. The molecule has 3 N–H and O–H groups in total. The Hall–Kier alpha value is -1.57. The maximum atomic E-state index is 11.9. The molecule has 4 nitrogen and oxygen atoms in total. The molecule has 0 bridgehead atoms. The Bertz CT molecular complexity index is 482. The van der Waals surface area contributed by atoms with Gasteiger partial charge in [0.2, 0.25) is 5.91 Å². The van der Waals surface area contributed by atoms with Gasteiger partial charge in [-0.15, -0.1) is 0 Å². The Morgan fingerprint density at radius 2 is 2.28 bits per heavy atom. The van der Waals surface area contributed by atoms with Crippen molar-refractivity contribution >= 4 is 23.2 Å². The van der Waals surface area contributed by atoms with Crippen LogP contribution in [0.15, 0.2) is 18.2 Å². The molecule has 96 valence electrons. The summed E-state index contributed by atoms with van der Waals surface area (Å²) in [7, 11) is 0. The third-order valence-electron chi connectivity index (χ3n) is 2.92. The molecule has 0 aromatic heterocycles. The van der Waals surface area contributed by atoms with Crippen LogP contribution in [0.25, 0.3) is 0 Å². The van der Waals surface area contributed by atoms with Gasteiger partial charge >= 0.3 is 0 Å². The third kappa shape index (κ3) is 3.46. The SMILES string of the molecule is CCC(C)C(N)C(=O)Nc1cc(Cl)ccc1C#N. The molecule has 18 heavy (non-hydrogen) atoms. The van der Waals surface area contributed by atoms with Crippen LogP contribution < -0.4 is 11.1 Å². The first-order valence-corrected chi connectivity index (χ1v) is 6.13. The maximum absolute atomic E-state index is 11.9. The molecule has 0 aliphatic heterocycles. The van der Waals surface area contributed by atoms with Crippen LogP contribution >= 0.6 is 11.6 Å². The van der Waals surface area contributed by atoms with Gasteiger partial charge in [-0.2, -0.15) is 5.26 Å². The van der Waals surface area contributed by atoms with Gasteiger partial charge < -0.3 is 11.1 Å². The van der Waals surface area contributed by atoms with E-state index in [2.05, 4.69) is 5.32 Å². The van der Waals surface area contributed by atoms with Gasteiger partial charge in [0.25, 0.3) is 0 Å². The Morgan fingerprint density at radius 1 is 1.61 bits per heavy atom. The van der Waals surface area contributed by atoms with Crippen LogP contribution in [0.3, 0.4) is 0 Å². The topological polar surface area (TPSA) is 78.9 Å². The highest BCUT2D eigenvalue weighted by molar-refractivity contribution is 6.31. The summed E-state index contributed by atoms with van der Waals surface area (Å²) in [5.41, 5.74) is 6.58. The zero-order valence-corrected chi connectivity index (χ0v) is 11.2. The number of hydrogen-bond acceptors (Lipinski definition) is 3. The second-order valence-corrected chi connectivity index (χ2v) is 4.64. The predicted molar refractivity (Wildman–Crippen MR) is 72.2 cm³/mol. The molecule has 1 amide bonds. The smallest absolute Gasteiger partial charge is 0.241 e. The number of nitrogens with one attached hydrogen (secondary N) is 1. The largest absolute Gasteiger partial charge is 0.323 e. The molecule has 0 aliphatic rings. The van der Waals surface area contributed by atoms with Gasteiger partial charge in [0.1, 0.15) is 6.07 Å². The number of nitrogens with two attached hydrogens (primary N) is 1. The quantitative estimate of drug-likeness (QED) is 0.878. The zero-order valence-electron chi connectivity index (χ0n) is 10.4. The summed E-state index contributed by atoms with van der Waals surface area (Å²) in [5, 5.41) is 12.0. The van der Waals surface area contributed by atoms with Gasteiger partial charge in [-0.3, -0.25) is 4.79 Å². The first kappa shape index (κ1) is 14.5. The average Bonchev–Trinajstić information content (AvgIpc) is 2.37. The van der Waals surface area contributed by atoms with Crippen LogP contribution in [0, 0.1) is 17.2 Å². The van der Waals surface area contributed by atoms with Crippen LogP contribution in [0.1, 0.15) is 25.8 Å². The summed E-state index contributed by atoms with van der Waals surface area (Å²) in [6, 6.07) is 6.11. The lowest BCUT2D eigenvalue weighted by Gasteiger charge is -2.18. The Labute approximate surface area is 112 Å². The Kier molecular flexibility index (Phi) is 5.14. The van der Waals surface area contributed by atoms with Crippen molar-refractivity contribution in [3.63, 3.8) is 0 Å². The summed E-state index contributed by atoms with van der Waals surface area (Å²) in [4.78, 5) is 11.9. The second-order valence-electron chi connectivity index (χ2n) is 4.20. The lowest BCUT2D eigenvalue weighted by atomic mass is 9.99. The molecule has 0 saturated heterocycles. The molecule has 2 atom stereocenters. The van der Waals surface area contributed by atoms with E-state index in [1.807, 2.05) is 19.9 Å². The molecule has 0 saturated carbocycles. The van der Waals surface area contributed by atoms with Crippen molar-refractivity contribution in [2.45, 2.75) is 26.3 Å². The van der Waals surface area contributed by atoms with E-state index in [1.54, 1.807) is 18.2 Å². The summed E-state index contributed by atoms with van der Waals surface area (Å²) in [6.45, 7) is 3.88. The van der Waals surface area contributed by atoms with E-state index in [9.17, 15) is 4.79 Å². The van der Waals surface area contributed by atoms with Crippen molar-refractivity contribution in [2.24, 2.45) is 11.7 Å². The number of nitrogens with zero attached hydrogens (tertiary/aromatic N) is 1. The molecule has 0 fully saturated rings. The molecular weight excluding hydrogens is 250 g/mol. The first-order chi connectivity index (χ1) is 8.49. The minimum atomic E-state index is -0.597. The molecule has 5 heteroatoms. The molecule has 2 unspecified atom stereocenters. The number of benzene rings is 1. The molecule has 0 heterocycles. The van der Waals surface area contributed by atoms with Gasteiger partial charge in [0.05, 0.1) is 17.3 Å². The molecule has 1 aromatic carbocycles. The summed E-state index contributed by atoms with van der Waals surface area (Å²) < 4.78 is 0. The number of halogens is 1. The maximum Gasteiger partial charge on any atom is 0.241 e. The molecule has 0 spiro atoms. The minimum absolute atomic E-state index is 0.0784. The van der Waals surface area contributed by atoms with Crippen molar-refractivity contribution < 1.29 is 4.79 Å². The zero-order chi connectivity index (χ0) is 13.7. The van der Waals surface area contributed by atoms with E-state index in [-0.39, 0.29) is 11.8 Å². The van der Waals surface area contributed by atoms with Crippen LogP contribution in [0.2, 0.25) is 5.02 Å². The molecule has 1 rings (SSSR count). The van der Waals surface area contributed by atoms with Crippen LogP contribution in [0.5, 0.6) is 0 Å². The number of anilines is 1. The van der Waals surface area contributed by atoms with Gasteiger partial charge in [0.15, 0.2) is 0 Å². The number of amides is 1. The van der Waals surface area contributed by atoms with Gasteiger partial charge in [0, 0.05) is 5.02 Å². The van der Waals surface area contributed by atoms with Crippen LogP contribution in [0.4, 0.5) is 5.69 Å². The van der Waals surface area contributed by atoms with Gasteiger partial charge in [-0.25, -0.2) is 0 Å². The molecular formula is C13H16ClN3O. The fourth-order valence-corrected chi connectivity index (χ4v) is 1.62. The monoisotopic (exact) mass is 265 g/mol. The Balaban J connectivity index is 2.88. The minimum Gasteiger partial charge on any atom is -0.323 e. The third-order valence-corrected chi connectivity index (χ3v) is 3.15. The number of hydrogen-bond donors (Lipinski definition) is 2. The van der Waals surface area contributed by atoms with E-state index in [0.717, 1.165) is 6.42 Å². The average molecular weight is 266 g/mol. The fourth-order valence-electron chi connectivity index (χ4n) is 1.45. The summed E-state index contributed by atoms with van der Waals surface area (Å²) >= 11 is 5.83. The van der Waals surface area contributed by atoms with Crippen molar-refractivity contribution in [3.8, 4) is 6.07 Å². The molecule has 1 aromatic rings. The van der Waals surface area contributed by atoms with Gasteiger partial charge in [-0.05, 0) is 24.1 Å². The van der Waals surface area contributed by atoms with E-state index in [1.165, 1.54) is 0 Å². The van der Waals surface area contributed by atoms with E-state index >= 15 is 0 Å². The molecule has 0 aliphatic carbocycles. The normalized spacial score (nSPS) is 13.5. The van der Waals surface area contributed by atoms with Crippen molar-refractivity contribution in [1.29, 1.82) is 5.26 Å². The fraction of sp³-hybridized carbons (Fsp3) is 0.385. The highest BCUT2D eigenvalue weighted by Crippen LogP contribution is 2.21. The van der Waals surface area contributed by atoms with E-state index < -0.39 is 6.04 Å². The van der Waals surface area contributed by atoms with Crippen LogP contribution in [-0.4, -0.2) is 11.9 Å². The van der Waals surface area contributed by atoms with Crippen LogP contribution in [-0.2, 0) is 4.79 Å². The first-order valence-electron chi connectivity index (χ1n) is 5.75. The highest BCUT2D eigenvalue weighted by Gasteiger charge is 2.20. The predicted octanol–water partition coefficient (Wildman–Crippen LogP) is 2.52. The lowest BCUT2D eigenvalue weighted by Crippen LogP contribution is -2.40.